The molecular weight excluding hydrogens is 276 g/mol. The van der Waals surface area contributed by atoms with Crippen molar-refractivity contribution in [3.8, 4) is 0 Å². The van der Waals surface area contributed by atoms with E-state index >= 15 is 0 Å². The van der Waals surface area contributed by atoms with Crippen molar-refractivity contribution in [1.29, 1.82) is 0 Å². The van der Waals surface area contributed by atoms with E-state index in [-0.39, 0.29) is 6.42 Å². The molecule has 0 aromatic carbocycles. The van der Waals surface area contributed by atoms with E-state index in [1.165, 1.54) is 30.6 Å². The van der Waals surface area contributed by atoms with E-state index in [0.29, 0.717) is 12.1 Å². The molecule has 0 atom stereocenters. The summed E-state index contributed by atoms with van der Waals surface area (Å²) in [7, 11) is 0. The van der Waals surface area contributed by atoms with Crippen LogP contribution in [-0.4, -0.2) is 39.1 Å². The number of hydrogen-bond acceptors (Lipinski definition) is 6. The zero-order valence-corrected chi connectivity index (χ0v) is 11.9. The van der Waals surface area contributed by atoms with Crippen molar-refractivity contribution in [2.45, 2.75) is 32.1 Å². The highest BCUT2D eigenvalue weighted by Gasteiger charge is 2.15. The molecule has 7 heteroatoms. The van der Waals surface area contributed by atoms with E-state index in [2.05, 4.69) is 19.9 Å². The first-order valence-electron chi connectivity index (χ1n) is 6.81. The van der Waals surface area contributed by atoms with Crippen LogP contribution in [0, 0.1) is 0 Å². The lowest BCUT2D eigenvalue weighted by molar-refractivity contribution is -0.136. The van der Waals surface area contributed by atoms with Gasteiger partial charge in [-0.25, -0.2) is 15.0 Å². The van der Waals surface area contributed by atoms with Gasteiger partial charge in [0.25, 0.3) is 0 Å². The number of aliphatic carboxylic acids is 1. The van der Waals surface area contributed by atoms with Gasteiger partial charge in [-0.15, -0.1) is 0 Å². The van der Waals surface area contributed by atoms with Crippen LogP contribution < -0.4 is 4.90 Å². The minimum Gasteiger partial charge on any atom is -0.481 e. The van der Waals surface area contributed by atoms with Crippen LogP contribution in [-0.2, 0) is 11.2 Å². The minimum absolute atomic E-state index is 0.0960. The molecule has 106 valence electrons. The summed E-state index contributed by atoms with van der Waals surface area (Å²) in [4.78, 5) is 26.9. The molecule has 3 rings (SSSR count). The van der Waals surface area contributed by atoms with E-state index in [9.17, 15) is 4.79 Å². The van der Waals surface area contributed by atoms with Gasteiger partial charge in [0.05, 0.1) is 17.6 Å². The van der Waals surface area contributed by atoms with Gasteiger partial charge in [-0.2, -0.15) is 0 Å². The summed E-state index contributed by atoms with van der Waals surface area (Å²) in [5.41, 5.74) is 0.621. The lowest BCUT2D eigenvalue weighted by Crippen LogP contribution is -2.30. The van der Waals surface area contributed by atoms with Gasteiger partial charge >= 0.3 is 5.97 Å². The normalized spacial score (nSPS) is 15.7. The number of carbonyl (C=O) groups is 1. The number of carboxylic acid groups (broad SMARTS) is 1. The summed E-state index contributed by atoms with van der Waals surface area (Å²) in [5, 5.41) is 9.49. The number of aryl methyl sites for hydroxylation is 1. The van der Waals surface area contributed by atoms with Crippen LogP contribution in [0.25, 0.3) is 10.5 Å². The molecule has 0 saturated carbocycles. The third kappa shape index (κ3) is 2.87. The Balaban J connectivity index is 1.81. The minimum atomic E-state index is -0.806. The summed E-state index contributed by atoms with van der Waals surface area (Å²) >= 11 is 1.44. The molecule has 0 amide bonds. The van der Waals surface area contributed by atoms with Crippen molar-refractivity contribution in [1.82, 2.24) is 15.0 Å². The lowest BCUT2D eigenvalue weighted by Gasteiger charge is -2.27. The molecule has 0 bridgehead atoms. The maximum Gasteiger partial charge on any atom is 0.303 e. The molecule has 6 nitrogen and oxygen atoms in total. The van der Waals surface area contributed by atoms with Gasteiger partial charge in [-0.1, -0.05) is 11.3 Å². The first-order chi connectivity index (χ1) is 9.72. The molecule has 2 aromatic heterocycles. The van der Waals surface area contributed by atoms with Crippen LogP contribution in [0.5, 0.6) is 0 Å². The van der Waals surface area contributed by atoms with Gasteiger partial charge in [0.2, 0.25) is 0 Å². The maximum atomic E-state index is 10.6. The number of aromatic nitrogens is 3. The SMILES string of the molecule is O=C(O)CCc1nc2ncc(N3CCCCC3)nc2s1. The van der Waals surface area contributed by atoms with Crippen LogP contribution >= 0.6 is 11.3 Å². The smallest absolute Gasteiger partial charge is 0.303 e. The first-order valence-corrected chi connectivity index (χ1v) is 7.63. The zero-order valence-electron chi connectivity index (χ0n) is 11.1. The zero-order chi connectivity index (χ0) is 13.9. The number of rotatable bonds is 4. The van der Waals surface area contributed by atoms with Crippen molar-refractivity contribution >= 4 is 33.6 Å². The van der Waals surface area contributed by atoms with Gasteiger partial charge in [-0.05, 0) is 19.3 Å². The first kappa shape index (κ1) is 13.2. The summed E-state index contributed by atoms with van der Waals surface area (Å²) in [5.74, 6) is 0.102. The van der Waals surface area contributed by atoms with Gasteiger partial charge in [-0.3, -0.25) is 4.79 Å². The summed E-state index contributed by atoms with van der Waals surface area (Å²) in [6.07, 6.45) is 5.99. The Morgan fingerprint density at radius 1 is 1.30 bits per heavy atom. The van der Waals surface area contributed by atoms with Crippen molar-refractivity contribution < 1.29 is 9.90 Å². The highest BCUT2D eigenvalue weighted by atomic mass is 32.1. The molecule has 1 N–H and O–H groups in total. The number of nitrogens with zero attached hydrogens (tertiary/aromatic N) is 4. The third-order valence-electron chi connectivity index (χ3n) is 3.39. The molecule has 0 unspecified atom stereocenters. The number of anilines is 1. The second-order valence-electron chi connectivity index (χ2n) is 4.91. The molecule has 2 aromatic rings. The van der Waals surface area contributed by atoms with Gasteiger partial charge in [0.1, 0.15) is 5.82 Å². The van der Waals surface area contributed by atoms with Crippen LogP contribution in [0.1, 0.15) is 30.7 Å². The Labute approximate surface area is 120 Å². The van der Waals surface area contributed by atoms with E-state index in [1.54, 1.807) is 6.20 Å². The standard InChI is InChI=1S/C13H16N4O2S/c18-11(19)5-4-10-16-12-13(20-10)15-9(8-14-12)17-6-2-1-3-7-17/h8H,1-7H2,(H,18,19). The van der Waals surface area contributed by atoms with E-state index in [1.807, 2.05) is 0 Å². The van der Waals surface area contributed by atoms with Crippen LogP contribution in [0.3, 0.4) is 0 Å². The largest absolute Gasteiger partial charge is 0.481 e. The molecule has 1 saturated heterocycles. The van der Waals surface area contributed by atoms with Crippen LogP contribution in [0.4, 0.5) is 5.82 Å². The van der Waals surface area contributed by atoms with Crippen molar-refractivity contribution in [3.05, 3.63) is 11.2 Å². The molecule has 0 radical (unpaired) electrons. The molecule has 20 heavy (non-hydrogen) atoms. The highest BCUT2D eigenvalue weighted by molar-refractivity contribution is 7.18. The van der Waals surface area contributed by atoms with E-state index in [4.69, 9.17) is 5.11 Å². The molecule has 0 spiro atoms. The Kier molecular flexibility index (Phi) is 3.77. The van der Waals surface area contributed by atoms with Crippen LogP contribution in [0.2, 0.25) is 0 Å². The van der Waals surface area contributed by atoms with Gasteiger partial charge in [0.15, 0.2) is 10.5 Å². The van der Waals surface area contributed by atoms with Crippen molar-refractivity contribution in [3.63, 3.8) is 0 Å². The fraction of sp³-hybridized carbons (Fsp3) is 0.538. The van der Waals surface area contributed by atoms with E-state index < -0.39 is 5.97 Å². The second-order valence-corrected chi connectivity index (χ2v) is 5.97. The predicted molar refractivity (Wildman–Crippen MR) is 77.2 cm³/mol. The predicted octanol–water partition coefficient (Wildman–Crippen LogP) is 2.09. The average molecular weight is 292 g/mol. The van der Waals surface area contributed by atoms with Gasteiger partial charge < -0.3 is 10.0 Å². The Morgan fingerprint density at radius 2 is 2.10 bits per heavy atom. The summed E-state index contributed by atoms with van der Waals surface area (Å²) in [6.45, 7) is 2.07. The summed E-state index contributed by atoms with van der Waals surface area (Å²) in [6, 6.07) is 0. The quantitative estimate of drug-likeness (QED) is 0.929. The second kappa shape index (κ2) is 5.70. The fourth-order valence-corrected chi connectivity index (χ4v) is 3.24. The Bertz CT molecular complexity index is 622. The van der Waals surface area contributed by atoms with E-state index in [0.717, 1.165) is 28.7 Å². The third-order valence-corrected chi connectivity index (χ3v) is 4.39. The highest BCUT2D eigenvalue weighted by Crippen LogP contribution is 2.24. The Morgan fingerprint density at radius 3 is 2.85 bits per heavy atom. The lowest BCUT2D eigenvalue weighted by atomic mass is 10.1. The van der Waals surface area contributed by atoms with Crippen molar-refractivity contribution in [2.75, 3.05) is 18.0 Å². The monoisotopic (exact) mass is 292 g/mol. The number of hydrogen-bond donors (Lipinski definition) is 1. The number of thiazole rings is 1. The maximum absolute atomic E-state index is 10.6. The number of fused-ring (bicyclic) bond motifs is 1. The summed E-state index contributed by atoms with van der Waals surface area (Å²) < 4.78 is 0. The molecule has 1 aliphatic rings. The van der Waals surface area contributed by atoms with Gasteiger partial charge in [0, 0.05) is 19.5 Å². The average Bonchev–Trinajstić information content (AvgIpc) is 2.88. The molecule has 1 fully saturated rings. The van der Waals surface area contributed by atoms with Crippen LogP contribution in [0.15, 0.2) is 6.20 Å². The number of carboxylic acids is 1. The molecular formula is C13H16N4O2S. The molecule has 3 heterocycles. The Hall–Kier alpha value is -1.76. The fourth-order valence-electron chi connectivity index (χ4n) is 2.35. The number of piperidine rings is 1. The molecule has 1 aliphatic heterocycles. The van der Waals surface area contributed by atoms with Crippen molar-refractivity contribution in [2.24, 2.45) is 0 Å². The molecule has 0 aliphatic carbocycles. The topological polar surface area (TPSA) is 79.2 Å².